The molecule has 1 atom stereocenters. The second kappa shape index (κ2) is 6.97. The molecule has 126 valence electrons. The maximum absolute atomic E-state index is 13.3. The molecule has 0 bridgehead atoms. The van der Waals surface area contributed by atoms with Gasteiger partial charge < -0.3 is 10.0 Å². The molecule has 0 saturated carbocycles. The third kappa shape index (κ3) is 3.38. The monoisotopic (exact) mass is 330 g/mol. The second-order valence-electron chi connectivity index (χ2n) is 6.07. The molecule has 1 aliphatic rings. The first-order chi connectivity index (χ1) is 11.6. The lowest BCUT2D eigenvalue weighted by Crippen LogP contribution is -2.36. The van der Waals surface area contributed by atoms with Gasteiger partial charge in [0.05, 0.1) is 17.1 Å². The normalized spacial score (nSPS) is 16.8. The minimum atomic E-state index is -0.611. The van der Waals surface area contributed by atoms with Crippen LogP contribution < -0.4 is 4.90 Å². The number of nitro groups is 1. The molecule has 0 amide bonds. The lowest BCUT2D eigenvalue weighted by atomic mass is 9.87. The highest BCUT2D eigenvalue weighted by molar-refractivity contribution is 5.63. The maximum Gasteiger partial charge on any atom is 0.295 e. The van der Waals surface area contributed by atoms with Gasteiger partial charge in [-0.25, -0.2) is 4.39 Å². The van der Waals surface area contributed by atoms with E-state index in [1.165, 1.54) is 12.1 Å². The van der Waals surface area contributed by atoms with E-state index in [0.717, 1.165) is 24.5 Å². The predicted molar refractivity (Wildman–Crippen MR) is 89.4 cm³/mol. The summed E-state index contributed by atoms with van der Waals surface area (Å²) in [6.45, 7) is 1.20. The van der Waals surface area contributed by atoms with Crippen LogP contribution in [0.4, 0.5) is 15.8 Å². The first-order valence-electron chi connectivity index (χ1n) is 7.98. The number of nitro benzene ring substituents is 1. The highest BCUT2D eigenvalue weighted by Gasteiger charge is 2.29. The van der Waals surface area contributed by atoms with E-state index in [2.05, 4.69) is 0 Å². The maximum atomic E-state index is 13.3. The van der Waals surface area contributed by atoms with E-state index in [4.69, 9.17) is 0 Å². The van der Waals surface area contributed by atoms with Crippen LogP contribution in [-0.4, -0.2) is 23.1 Å². The van der Waals surface area contributed by atoms with E-state index < -0.39 is 16.8 Å². The van der Waals surface area contributed by atoms with Crippen molar-refractivity contribution in [2.24, 2.45) is 5.92 Å². The topological polar surface area (TPSA) is 66.6 Å². The minimum absolute atomic E-state index is 0.114. The van der Waals surface area contributed by atoms with Crippen molar-refractivity contribution in [3.8, 4) is 0 Å². The summed E-state index contributed by atoms with van der Waals surface area (Å²) >= 11 is 0. The molecular weight excluding hydrogens is 311 g/mol. The summed E-state index contributed by atoms with van der Waals surface area (Å²) in [6, 6.07) is 13.2. The van der Waals surface area contributed by atoms with Crippen molar-refractivity contribution in [1.82, 2.24) is 0 Å². The molecule has 1 N–H and O–H groups in total. The number of hydrogen-bond donors (Lipinski definition) is 1. The van der Waals surface area contributed by atoms with Crippen molar-refractivity contribution < 1.29 is 14.4 Å². The van der Waals surface area contributed by atoms with Crippen molar-refractivity contribution in [3.05, 3.63) is 70.0 Å². The van der Waals surface area contributed by atoms with Gasteiger partial charge in [-0.2, -0.15) is 0 Å². The molecular formula is C18H19FN2O3. The van der Waals surface area contributed by atoms with Gasteiger partial charge in [-0.1, -0.05) is 30.3 Å². The van der Waals surface area contributed by atoms with E-state index in [0.29, 0.717) is 18.8 Å². The van der Waals surface area contributed by atoms with Gasteiger partial charge in [-0.15, -0.1) is 0 Å². The highest BCUT2D eigenvalue weighted by Crippen LogP contribution is 2.35. The van der Waals surface area contributed by atoms with E-state index in [1.54, 1.807) is 0 Å². The Labute approximate surface area is 139 Å². The van der Waals surface area contributed by atoms with Gasteiger partial charge >= 0.3 is 0 Å². The number of halogens is 1. The van der Waals surface area contributed by atoms with Gasteiger partial charge in [-0.05, 0) is 36.5 Å². The minimum Gasteiger partial charge on any atom is -0.388 e. The van der Waals surface area contributed by atoms with Crippen molar-refractivity contribution in [3.63, 3.8) is 0 Å². The number of anilines is 1. The SMILES string of the molecule is O=[N+]([O-])c1cc(F)ccc1N1CCC(C(O)c2ccccc2)CC1. The summed E-state index contributed by atoms with van der Waals surface area (Å²) in [7, 11) is 0. The Kier molecular flexibility index (Phi) is 4.76. The first-order valence-corrected chi connectivity index (χ1v) is 7.98. The molecule has 3 rings (SSSR count). The number of benzene rings is 2. The quantitative estimate of drug-likeness (QED) is 0.686. The number of hydrogen-bond acceptors (Lipinski definition) is 4. The number of aliphatic hydroxyl groups excluding tert-OH is 1. The second-order valence-corrected chi connectivity index (χ2v) is 6.07. The van der Waals surface area contributed by atoms with Gasteiger partial charge in [0.15, 0.2) is 0 Å². The summed E-state index contributed by atoms with van der Waals surface area (Å²) in [4.78, 5) is 12.5. The van der Waals surface area contributed by atoms with Crippen LogP contribution >= 0.6 is 0 Å². The lowest BCUT2D eigenvalue weighted by Gasteiger charge is -2.35. The Morgan fingerprint density at radius 3 is 2.46 bits per heavy atom. The molecule has 1 unspecified atom stereocenters. The predicted octanol–water partition coefficient (Wildman–Crippen LogP) is 3.68. The number of piperidine rings is 1. The van der Waals surface area contributed by atoms with Crippen LogP contribution in [0.2, 0.25) is 0 Å². The molecule has 0 aromatic heterocycles. The zero-order valence-corrected chi connectivity index (χ0v) is 13.1. The largest absolute Gasteiger partial charge is 0.388 e. The van der Waals surface area contributed by atoms with Crippen molar-refractivity contribution in [1.29, 1.82) is 0 Å². The van der Waals surface area contributed by atoms with Crippen LogP contribution in [0, 0.1) is 21.8 Å². The lowest BCUT2D eigenvalue weighted by molar-refractivity contribution is -0.384. The van der Waals surface area contributed by atoms with Crippen LogP contribution in [0.5, 0.6) is 0 Å². The van der Waals surface area contributed by atoms with Gasteiger partial charge in [0.25, 0.3) is 5.69 Å². The van der Waals surface area contributed by atoms with Crippen molar-refractivity contribution in [2.75, 3.05) is 18.0 Å². The van der Waals surface area contributed by atoms with E-state index in [9.17, 15) is 19.6 Å². The van der Waals surface area contributed by atoms with Gasteiger partial charge in [0, 0.05) is 13.1 Å². The molecule has 0 spiro atoms. The Balaban J connectivity index is 1.71. The van der Waals surface area contributed by atoms with Crippen LogP contribution in [0.1, 0.15) is 24.5 Å². The molecule has 24 heavy (non-hydrogen) atoms. The molecule has 0 aliphatic carbocycles. The summed E-state index contributed by atoms with van der Waals surface area (Å²) in [5.41, 5.74) is 1.12. The fourth-order valence-corrected chi connectivity index (χ4v) is 3.29. The Hall–Kier alpha value is -2.47. The summed E-state index contributed by atoms with van der Waals surface area (Å²) in [5, 5.41) is 21.7. The fraction of sp³-hybridized carbons (Fsp3) is 0.333. The average Bonchev–Trinajstić information content (AvgIpc) is 2.62. The molecule has 6 heteroatoms. The smallest absolute Gasteiger partial charge is 0.295 e. The third-order valence-electron chi connectivity index (χ3n) is 4.60. The van der Waals surface area contributed by atoms with Gasteiger partial charge in [0.1, 0.15) is 11.5 Å². The summed E-state index contributed by atoms with van der Waals surface area (Å²) in [5.74, 6) is -0.497. The average molecular weight is 330 g/mol. The van der Waals surface area contributed by atoms with E-state index >= 15 is 0 Å². The van der Waals surface area contributed by atoms with Crippen LogP contribution in [-0.2, 0) is 0 Å². The zero-order chi connectivity index (χ0) is 17.1. The van der Waals surface area contributed by atoms with Crippen molar-refractivity contribution >= 4 is 11.4 Å². The Bertz CT molecular complexity index is 715. The molecule has 1 fully saturated rings. The molecule has 0 radical (unpaired) electrons. The number of aliphatic hydroxyl groups is 1. The molecule has 1 saturated heterocycles. The van der Waals surface area contributed by atoms with Crippen LogP contribution in [0.15, 0.2) is 48.5 Å². The Morgan fingerprint density at radius 2 is 1.83 bits per heavy atom. The van der Waals surface area contributed by atoms with Crippen LogP contribution in [0.25, 0.3) is 0 Å². The number of nitrogens with zero attached hydrogens (tertiary/aromatic N) is 2. The van der Waals surface area contributed by atoms with E-state index in [-0.39, 0.29) is 11.6 Å². The summed E-state index contributed by atoms with van der Waals surface area (Å²) in [6.07, 6.45) is 0.923. The molecule has 5 nitrogen and oxygen atoms in total. The first kappa shape index (κ1) is 16.4. The Morgan fingerprint density at radius 1 is 1.17 bits per heavy atom. The summed E-state index contributed by atoms with van der Waals surface area (Å²) < 4.78 is 13.3. The fourth-order valence-electron chi connectivity index (χ4n) is 3.29. The zero-order valence-electron chi connectivity index (χ0n) is 13.1. The van der Waals surface area contributed by atoms with Gasteiger partial charge in [0.2, 0.25) is 0 Å². The highest BCUT2D eigenvalue weighted by atomic mass is 19.1. The third-order valence-corrected chi connectivity index (χ3v) is 4.60. The standard InChI is InChI=1S/C18H19FN2O3/c19-15-6-7-16(17(12-15)21(23)24)20-10-8-14(9-11-20)18(22)13-4-2-1-3-5-13/h1-7,12,14,18,22H,8-11H2. The number of rotatable bonds is 4. The van der Waals surface area contributed by atoms with E-state index in [1.807, 2.05) is 35.2 Å². The molecule has 1 aliphatic heterocycles. The van der Waals surface area contributed by atoms with Crippen LogP contribution in [0.3, 0.4) is 0 Å². The molecule has 2 aromatic rings. The molecule has 2 aromatic carbocycles. The van der Waals surface area contributed by atoms with Gasteiger partial charge in [-0.3, -0.25) is 10.1 Å². The molecule has 1 heterocycles. The van der Waals surface area contributed by atoms with Crippen molar-refractivity contribution in [2.45, 2.75) is 18.9 Å².